The van der Waals surface area contributed by atoms with Crippen molar-refractivity contribution >= 4 is 5.97 Å². The fourth-order valence-electron chi connectivity index (χ4n) is 4.20. The van der Waals surface area contributed by atoms with Gasteiger partial charge in [0, 0.05) is 0 Å². The first-order chi connectivity index (χ1) is 15.7. The average molecular weight is 432 g/mol. The molecule has 1 aliphatic rings. The fourth-order valence-corrected chi connectivity index (χ4v) is 4.20. The topological polar surface area (TPSA) is 59.3 Å². The summed E-state index contributed by atoms with van der Waals surface area (Å²) < 4.78 is 11.1. The van der Waals surface area contributed by atoms with E-state index in [1.165, 1.54) is 51.4 Å². The number of ether oxygens (including phenoxy) is 2. The van der Waals surface area contributed by atoms with Gasteiger partial charge in [0.15, 0.2) is 0 Å². The second kappa shape index (κ2) is 12.7. The minimum Gasteiger partial charge on any atom is -0.490 e. The summed E-state index contributed by atoms with van der Waals surface area (Å²) in [6, 6.07) is 15.5. The monoisotopic (exact) mass is 431 g/mol. The summed E-state index contributed by atoms with van der Waals surface area (Å²) in [6.45, 7) is 2.80. The van der Waals surface area contributed by atoms with Crippen molar-refractivity contribution in [2.24, 2.45) is 11.8 Å². The number of carbonyl (C=O) groups excluding carboxylic acids is 1. The van der Waals surface area contributed by atoms with Gasteiger partial charge in [0.1, 0.15) is 18.1 Å². The van der Waals surface area contributed by atoms with Crippen molar-refractivity contribution in [1.29, 1.82) is 5.26 Å². The van der Waals surface area contributed by atoms with Gasteiger partial charge in [-0.05, 0) is 86.1 Å². The lowest BCUT2D eigenvalue weighted by molar-refractivity contribution is 0.0734. The van der Waals surface area contributed by atoms with Gasteiger partial charge < -0.3 is 9.47 Å². The molecule has 0 heterocycles. The summed E-state index contributed by atoms with van der Waals surface area (Å²) in [5, 5.41) is 8.83. The zero-order valence-electron chi connectivity index (χ0n) is 19.0. The van der Waals surface area contributed by atoms with E-state index in [2.05, 4.69) is 19.1 Å². The summed E-state index contributed by atoms with van der Waals surface area (Å²) in [4.78, 5) is 12.3. The molecule has 1 saturated carbocycles. The number of allylic oxidation sites excluding steroid dienone is 1. The lowest BCUT2D eigenvalue weighted by Crippen LogP contribution is -2.13. The Balaban J connectivity index is 1.37. The molecule has 0 radical (unpaired) electrons. The maximum absolute atomic E-state index is 12.3. The summed E-state index contributed by atoms with van der Waals surface area (Å²) in [7, 11) is 0. The van der Waals surface area contributed by atoms with E-state index in [0.29, 0.717) is 29.4 Å². The minimum absolute atomic E-state index is 0.412. The molecule has 2 aromatic carbocycles. The minimum atomic E-state index is -0.438. The molecular weight excluding hydrogens is 398 g/mol. The summed E-state index contributed by atoms with van der Waals surface area (Å²) >= 11 is 0. The maximum atomic E-state index is 12.3. The normalized spacial score (nSPS) is 18.2. The quantitative estimate of drug-likeness (QED) is 0.174. The van der Waals surface area contributed by atoms with Crippen molar-refractivity contribution in [2.45, 2.75) is 58.3 Å². The molecule has 0 bridgehead atoms. The first-order valence-electron chi connectivity index (χ1n) is 11.8. The Morgan fingerprint density at radius 3 is 2.34 bits per heavy atom. The molecule has 32 heavy (non-hydrogen) atoms. The van der Waals surface area contributed by atoms with Crippen LogP contribution in [0.2, 0.25) is 0 Å². The van der Waals surface area contributed by atoms with Crippen LogP contribution < -0.4 is 9.47 Å². The highest BCUT2D eigenvalue weighted by Crippen LogP contribution is 2.32. The Bertz CT molecular complexity index is 901. The molecule has 0 saturated heterocycles. The molecular formula is C28H33NO3. The van der Waals surface area contributed by atoms with Gasteiger partial charge in [-0.3, -0.25) is 0 Å². The zero-order valence-corrected chi connectivity index (χ0v) is 19.0. The Hall–Kier alpha value is -3.06. The Kier molecular flexibility index (Phi) is 9.37. The van der Waals surface area contributed by atoms with Crippen LogP contribution in [0.25, 0.3) is 0 Å². The van der Waals surface area contributed by atoms with E-state index in [0.717, 1.165) is 11.7 Å². The molecule has 2 aromatic rings. The standard InChI is InChI=1S/C28H33NO3/c1-2-3-4-6-22-8-10-23(11-9-22)7-5-20-31-26-18-14-25(15-19-26)28(30)32-27-16-12-24(21-29)13-17-27/h5,7,12-19,22-23H,2-4,6,8-11,20H2,1H3/b7-5+. The molecule has 0 aromatic heterocycles. The highest BCUT2D eigenvalue weighted by Gasteiger charge is 2.18. The second-order valence-electron chi connectivity index (χ2n) is 8.57. The van der Waals surface area contributed by atoms with Crippen molar-refractivity contribution in [3.8, 4) is 17.6 Å². The van der Waals surface area contributed by atoms with Gasteiger partial charge >= 0.3 is 5.97 Å². The highest BCUT2D eigenvalue weighted by atomic mass is 16.5. The third-order valence-electron chi connectivity index (χ3n) is 6.15. The Labute approximate surface area is 191 Å². The van der Waals surface area contributed by atoms with Gasteiger partial charge in [0.2, 0.25) is 0 Å². The van der Waals surface area contributed by atoms with Crippen LogP contribution in [0.1, 0.15) is 74.2 Å². The van der Waals surface area contributed by atoms with Crippen LogP contribution in [0.5, 0.6) is 11.5 Å². The number of nitrogens with zero attached hydrogens (tertiary/aromatic N) is 1. The van der Waals surface area contributed by atoms with Crippen LogP contribution in [0.3, 0.4) is 0 Å². The van der Waals surface area contributed by atoms with Crippen molar-refractivity contribution in [3.63, 3.8) is 0 Å². The van der Waals surface area contributed by atoms with E-state index < -0.39 is 5.97 Å². The van der Waals surface area contributed by atoms with Crippen molar-refractivity contribution in [1.82, 2.24) is 0 Å². The van der Waals surface area contributed by atoms with Crippen molar-refractivity contribution in [2.75, 3.05) is 6.61 Å². The van der Waals surface area contributed by atoms with Gasteiger partial charge in [-0.2, -0.15) is 5.26 Å². The van der Waals surface area contributed by atoms with Gasteiger partial charge in [0.25, 0.3) is 0 Å². The molecule has 0 aliphatic heterocycles. The van der Waals surface area contributed by atoms with Crippen LogP contribution in [-0.2, 0) is 0 Å². The van der Waals surface area contributed by atoms with Crippen LogP contribution in [0.15, 0.2) is 60.7 Å². The third kappa shape index (κ3) is 7.57. The van der Waals surface area contributed by atoms with E-state index in [1.807, 2.05) is 6.07 Å². The first kappa shape index (κ1) is 23.6. The average Bonchev–Trinajstić information content (AvgIpc) is 2.84. The number of nitriles is 1. The van der Waals surface area contributed by atoms with E-state index in [-0.39, 0.29) is 0 Å². The number of hydrogen-bond acceptors (Lipinski definition) is 4. The number of esters is 1. The highest BCUT2D eigenvalue weighted by molar-refractivity contribution is 5.91. The summed E-state index contributed by atoms with van der Waals surface area (Å²) in [6.07, 6.45) is 15.2. The molecule has 0 spiro atoms. The fraction of sp³-hybridized carbons (Fsp3) is 0.429. The van der Waals surface area contributed by atoms with E-state index in [4.69, 9.17) is 14.7 Å². The van der Waals surface area contributed by atoms with Gasteiger partial charge in [0.05, 0.1) is 17.2 Å². The SMILES string of the molecule is CCCCCC1CCC(/C=C/COc2ccc(C(=O)Oc3ccc(C#N)cc3)cc2)CC1. The van der Waals surface area contributed by atoms with Crippen LogP contribution in [-0.4, -0.2) is 12.6 Å². The van der Waals surface area contributed by atoms with Crippen molar-refractivity contribution in [3.05, 3.63) is 71.8 Å². The molecule has 1 aliphatic carbocycles. The lowest BCUT2D eigenvalue weighted by atomic mass is 9.79. The Morgan fingerprint density at radius 1 is 1.00 bits per heavy atom. The van der Waals surface area contributed by atoms with Crippen LogP contribution in [0.4, 0.5) is 0 Å². The molecule has 1 fully saturated rings. The number of rotatable bonds is 10. The summed E-state index contributed by atoms with van der Waals surface area (Å²) in [5.74, 6) is 2.31. The largest absolute Gasteiger partial charge is 0.490 e. The predicted octanol–water partition coefficient (Wildman–Crippen LogP) is 7.10. The van der Waals surface area contributed by atoms with Crippen molar-refractivity contribution < 1.29 is 14.3 Å². The molecule has 0 N–H and O–H groups in total. The maximum Gasteiger partial charge on any atom is 0.343 e. The van der Waals surface area contributed by atoms with Crippen LogP contribution in [0, 0.1) is 23.2 Å². The van der Waals surface area contributed by atoms with Gasteiger partial charge in [-0.25, -0.2) is 4.79 Å². The molecule has 0 unspecified atom stereocenters. The van der Waals surface area contributed by atoms with Gasteiger partial charge in [-0.15, -0.1) is 0 Å². The molecule has 3 rings (SSSR count). The zero-order chi connectivity index (χ0) is 22.6. The van der Waals surface area contributed by atoms with E-state index >= 15 is 0 Å². The molecule has 0 amide bonds. The molecule has 4 heteroatoms. The molecule has 168 valence electrons. The smallest absolute Gasteiger partial charge is 0.343 e. The summed E-state index contributed by atoms with van der Waals surface area (Å²) in [5.41, 5.74) is 0.975. The molecule has 0 atom stereocenters. The Morgan fingerprint density at radius 2 is 1.69 bits per heavy atom. The van der Waals surface area contributed by atoms with Gasteiger partial charge in [-0.1, -0.05) is 44.8 Å². The lowest BCUT2D eigenvalue weighted by Gasteiger charge is -2.26. The first-order valence-corrected chi connectivity index (χ1v) is 11.8. The van der Waals surface area contributed by atoms with E-state index in [9.17, 15) is 4.79 Å². The third-order valence-corrected chi connectivity index (χ3v) is 6.15. The predicted molar refractivity (Wildman–Crippen MR) is 127 cm³/mol. The number of hydrogen-bond donors (Lipinski definition) is 0. The number of carbonyl (C=O) groups is 1. The number of benzene rings is 2. The van der Waals surface area contributed by atoms with Crippen LogP contribution >= 0.6 is 0 Å². The second-order valence-corrected chi connectivity index (χ2v) is 8.57. The number of unbranched alkanes of at least 4 members (excludes halogenated alkanes) is 2. The van der Waals surface area contributed by atoms with E-state index in [1.54, 1.807) is 48.5 Å². The molecule has 4 nitrogen and oxygen atoms in total.